The summed E-state index contributed by atoms with van der Waals surface area (Å²) in [6.07, 6.45) is 0. The summed E-state index contributed by atoms with van der Waals surface area (Å²) in [5.74, 6) is -0.884. The highest BCUT2D eigenvalue weighted by Crippen LogP contribution is 2.24. The van der Waals surface area contributed by atoms with E-state index in [0.29, 0.717) is 0 Å². The third-order valence-corrected chi connectivity index (χ3v) is 2.00. The van der Waals surface area contributed by atoms with E-state index in [4.69, 9.17) is 27.4 Å². The monoisotopic (exact) mass is 247 g/mol. The third kappa shape index (κ3) is 2.69. The number of rotatable bonds is 2. The van der Waals surface area contributed by atoms with Crippen molar-refractivity contribution < 1.29 is 4.39 Å². The number of hydrogen-bond donors (Lipinski definition) is 1. The molecule has 0 fully saturated rings. The molecule has 0 aliphatic carbocycles. The van der Waals surface area contributed by atoms with Crippen LogP contribution in [0.2, 0.25) is 5.02 Å². The van der Waals surface area contributed by atoms with Gasteiger partial charge in [-0.1, -0.05) is 11.6 Å². The standard InChI is InChI=1S/C10H3ClFN5/c11-8-1-2-9(7(5-15)10(8)12)17-16-6(3-13)4-14/h1-2,17H. The number of nitrogens with zero attached hydrogens (tertiary/aromatic N) is 4. The Kier molecular flexibility index (Phi) is 4.00. The Labute approximate surface area is 101 Å². The number of halogens is 2. The molecule has 0 saturated heterocycles. The highest BCUT2D eigenvalue weighted by atomic mass is 35.5. The molecule has 0 saturated carbocycles. The first-order chi connectivity index (χ1) is 8.13. The van der Waals surface area contributed by atoms with Crippen LogP contribution in [-0.2, 0) is 0 Å². The van der Waals surface area contributed by atoms with Crippen molar-refractivity contribution in [1.29, 1.82) is 15.8 Å². The van der Waals surface area contributed by atoms with Crippen molar-refractivity contribution in [3.05, 3.63) is 28.5 Å². The first kappa shape index (κ1) is 12.4. The van der Waals surface area contributed by atoms with Crippen molar-refractivity contribution in [3.8, 4) is 18.2 Å². The Morgan fingerprint density at radius 3 is 2.47 bits per heavy atom. The molecular formula is C10H3ClFN5. The molecule has 0 atom stereocenters. The smallest absolute Gasteiger partial charge is 0.237 e. The molecular weight excluding hydrogens is 245 g/mol. The number of nitriles is 3. The lowest BCUT2D eigenvalue weighted by molar-refractivity contribution is 0.625. The van der Waals surface area contributed by atoms with Gasteiger partial charge >= 0.3 is 0 Å². The molecule has 1 aromatic carbocycles. The van der Waals surface area contributed by atoms with Crippen LogP contribution in [-0.4, -0.2) is 5.71 Å². The molecule has 17 heavy (non-hydrogen) atoms. The molecule has 0 aliphatic heterocycles. The lowest BCUT2D eigenvalue weighted by atomic mass is 10.2. The molecule has 5 nitrogen and oxygen atoms in total. The number of anilines is 1. The predicted octanol–water partition coefficient (Wildman–Crippen LogP) is 2.17. The molecule has 0 heterocycles. The largest absolute Gasteiger partial charge is 0.275 e. The van der Waals surface area contributed by atoms with Gasteiger partial charge in [0.2, 0.25) is 5.71 Å². The molecule has 0 spiro atoms. The van der Waals surface area contributed by atoms with Crippen LogP contribution in [0.1, 0.15) is 5.56 Å². The number of hydrazone groups is 1. The highest BCUT2D eigenvalue weighted by molar-refractivity contribution is 6.31. The maximum atomic E-state index is 13.4. The highest BCUT2D eigenvalue weighted by Gasteiger charge is 2.11. The molecule has 0 aromatic heterocycles. The molecule has 0 amide bonds. The first-order valence-electron chi connectivity index (χ1n) is 4.16. The minimum Gasteiger partial charge on any atom is -0.275 e. The van der Waals surface area contributed by atoms with Gasteiger partial charge in [0.15, 0.2) is 5.82 Å². The van der Waals surface area contributed by atoms with Crippen LogP contribution in [0.4, 0.5) is 10.1 Å². The zero-order valence-electron chi connectivity index (χ0n) is 8.20. The fourth-order valence-electron chi connectivity index (χ4n) is 0.944. The maximum Gasteiger partial charge on any atom is 0.237 e. The van der Waals surface area contributed by atoms with Gasteiger partial charge in [0, 0.05) is 0 Å². The van der Waals surface area contributed by atoms with Crippen LogP contribution in [0.3, 0.4) is 0 Å². The van der Waals surface area contributed by atoms with Gasteiger partial charge in [0.1, 0.15) is 23.8 Å². The summed E-state index contributed by atoms with van der Waals surface area (Å²) in [6.45, 7) is 0. The number of hydrogen-bond acceptors (Lipinski definition) is 5. The van der Waals surface area contributed by atoms with Gasteiger partial charge in [-0.15, -0.1) is 0 Å². The van der Waals surface area contributed by atoms with Gasteiger partial charge in [-0.05, 0) is 12.1 Å². The Morgan fingerprint density at radius 2 is 1.94 bits per heavy atom. The van der Waals surface area contributed by atoms with Crippen molar-refractivity contribution in [2.75, 3.05) is 5.43 Å². The average Bonchev–Trinajstić information content (AvgIpc) is 2.35. The van der Waals surface area contributed by atoms with Gasteiger partial charge in [0.25, 0.3) is 0 Å². The van der Waals surface area contributed by atoms with E-state index in [-0.39, 0.29) is 16.3 Å². The van der Waals surface area contributed by atoms with E-state index in [9.17, 15) is 4.39 Å². The maximum absolute atomic E-state index is 13.4. The van der Waals surface area contributed by atoms with Crippen LogP contribution in [0.15, 0.2) is 17.2 Å². The van der Waals surface area contributed by atoms with Crippen LogP contribution >= 0.6 is 11.6 Å². The van der Waals surface area contributed by atoms with Crippen LogP contribution in [0.5, 0.6) is 0 Å². The molecule has 82 valence electrons. The van der Waals surface area contributed by atoms with Gasteiger partial charge in [-0.25, -0.2) is 4.39 Å². The summed E-state index contributed by atoms with van der Waals surface area (Å²) in [6, 6.07) is 7.18. The average molecular weight is 248 g/mol. The Morgan fingerprint density at radius 1 is 1.29 bits per heavy atom. The second-order valence-corrected chi connectivity index (χ2v) is 3.10. The molecule has 0 unspecified atom stereocenters. The summed E-state index contributed by atoms with van der Waals surface area (Å²) < 4.78 is 13.4. The molecule has 1 N–H and O–H groups in total. The van der Waals surface area contributed by atoms with E-state index in [0.717, 1.165) is 0 Å². The fraction of sp³-hybridized carbons (Fsp3) is 0. The van der Waals surface area contributed by atoms with Crippen molar-refractivity contribution in [2.45, 2.75) is 0 Å². The quantitative estimate of drug-likeness (QED) is 0.640. The molecule has 0 aliphatic rings. The summed E-state index contributed by atoms with van der Waals surface area (Å²) in [5, 5.41) is 28.8. The zero-order chi connectivity index (χ0) is 12.8. The lowest BCUT2D eigenvalue weighted by Gasteiger charge is -2.04. The van der Waals surface area contributed by atoms with Gasteiger partial charge in [-0.2, -0.15) is 20.9 Å². The van der Waals surface area contributed by atoms with E-state index < -0.39 is 11.5 Å². The topological polar surface area (TPSA) is 95.8 Å². The van der Waals surface area contributed by atoms with Crippen LogP contribution < -0.4 is 5.43 Å². The Balaban J connectivity index is 3.16. The molecule has 1 rings (SSSR count). The second-order valence-electron chi connectivity index (χ2n) is 2.69. The van der Waals surface area contributed by atoms with E-state index in [2.05, 4.69) is 10.5 Å². The van der Waals surface area contributed by atoms with Gasteiger partial charge in [0.05, 0.1) is 10.7 Å². The minimum absolute atomic E-state index is 0.0254. The minimum atomic E-state index is -0.884. The molecule has 7 heteroatoms. The fourth-order valence-corrected chi connectivity index (χ4v) is 1.10. The van der Waals surface area contributed by atoms with Crippen molar-refractivity contribution in [2.24, 2.45) is 5.10 Å². The predicted molar refractivity (Wildman–Crippen MR) is 58.4 cm³/mol. The van der Waals surface area contributed by atoms with Crippen molar-refractivity contribution in [1.82, 2.24) is 0 Å². The Hall–Kier alpha value is -2.62. The number of benzene rings is 1. The van der Waals surface area contributed by atoms with Gasteiger partial charge in [-0.3, -0.25) is 5.43 Å². The molecule has 0 bridgehead atoms. The summed E-state index contributed by atoms with van der Waals surface area (Å²) >= 11 is 5.49. The molecule has 1 aromatic rings. The Bertz CT molecular complexity index is 587. The summed E-state index contributed by atoms with van der Waals surface area (Å²) in [4.78, 5) is 0. The van der Waals surface area contributed by atoms with E-state index >= 15 is 0 Å². The summed E-state index contributed by atoms with van der Waals surface area (Å²) in [5.41, 5.74) is 1.50. The normalized spacial score (nSPS) is 8.41. The van der Waals surface area contributed by atoms with Gasteiger partial charge < -0.3 is 0 Å². The van der Waals surface area contributed by atoms with Crippen LogP contribution in [0.25, 0.3) is 0 Å². The van der Waals surface area contributed by atoms with Crippen molar-refractivity contribution >= 4 is 23.0 Å². The second kappa shape index (κ2) is 5.46. The van der Waals surface area contributed by atoms with Crippen LogP contribution in [0, 0.1) is 39.8 Å². The van der Waals surface area contributed by atoms with E-state index in [1.165, 1.54) is 24.3 Å². The van der Waals surface area contributed by atoms with E-state index in [1.54, 1.807) is 6.07 Å². The zero-order valence-corrected chi connectivity index (χ0v) is 8.96. The SMILES string of the molecule is N#CC(C#N)=NNc1ccc(Cl)c(F)c1C#N. The molecule has 0 radical (unpaired) electrons. The van der Waals surface area contributed by atoms with Crippen molar-refractivity contribution in [3.63, 3.8) is 0 Å². The lowest BCUT2D eigenvalue weighted by Crippen LogP contribution is -2.00. The summed E-state index contributed by atoms with van der Waals surface area (Å²) in [7, 11) is 0. The number of nitrogens with one attached hydrogen (secondary N) is 1. The first-order valence-corrected chi connectivity index (χ1v) is 4.53. The third-order valence-electron chi connectivity index (χ3n) is 1.71. The van der Waals surface area contributed by atoms with E-state index in [1.807, 2.05) is 0 Å².